The Morgan fingerprint density at radius 1 is 1.42 bits per heavy atom. The van der Waals surface area contributed by atoms with E-state index in [1.165, 1.54) is 11.8 Å². The SMILES string of the molecule is CSc1nccc(CC(C=O)c2cccc(Br)c2)n1. The maximum Gasteiger partial charge on any atom is 0.187 e. The molecule has 1 atom stereocenters. The number of halogens is 1. The number of aldehydes is 1. The van der Waals surface area contributed by atoms with E-state index in [1.807, 2.05) is 36.6 Å². The van der Waals surface area contributed by atoms with Crippen LogP contribution in [0, 0.1) is 0 Å². The zero-order chi connectivity index (χ0) is 13.7. The number of thioether (sulfide) groups is 1. The largest absolute Gasteiger partial charge is 0.303 e. The monoisotopic (exact) mass is 336 g/mol. The van der Waals surface area contributed by atoms with Crippen molar-refractivity contribution in [3.8, 4) is 0 Å². The molecule has 1 unspecified atom stereocenters. The Labute approximate surface area is 125 Å². The van der Waals surface area contributed by atoms with Gasteiger partial charge >= 0.3 is 0 Å². The van der Waals surface area contributed by atoms with Crippen molar-refractivity contribution in [1.82, 2.24) is 9.97 Å². The molecule has 0 spiro atoms. The fraction of sp³-hybridized carbons (Fsp3) is 0.214. The molecule has 98 valence electrons. The van der Waals surface area contributed by atoms with Gasteiger partial charge in [-0.05, 0) is 30.0 Å². The first kappa shape index (κ1) is 14.2. The molecule has 0 saturated carbocycles. The third kappa shape index (κ3) is 3.88. The minimum Gasteiger partial charge on any atom is -0.303 e. The van der Waals surface area contributed by atoms with Crippen LogP contribution < -0.4 is 0 Å². The quantitative estimate of drug-likeness (QED) is 0.476. The zero-order valence-electron chi connectivity index (χ0n) is 10.4. The highest BCUT2D eigenvalue weighted by molar-refractivity contribution is 9.10. The maximum atomic E-state index is 11.3. The first-order valence-corrected chi connectivity index (χ1v) is 7.81. The summed E-state index contributed by atoms with van der Waals surface area (Å²) >= 11 is 4.92. The van der Waals surface area contributed by atoms with E-state index in [0.717, 1.165) is 27.2 Å². The summed E-state index contributed by atoms with van der Waals surface area (Å²) in [5.41, 5.74) is 1.88. The van der Waals surface area contributed by atoms with Crippen LogP contribution in [0.3, 0.4) is 0 Å². The van der Waals surface area contributed by atoms with Crippen LogP contribution in [0.25, 0.3) is 0 Å². The molecule has 1 aromatic carbocycles. The van der Waals surface area contributed by atoms with Crippen LogP contribution >= 0.6 is 27.7 Å². The average molecular weight is 337 g/mol. The molecular formula is C14H13BrN2OS. The van der Waals surface area contributed by atoms with Gasteiger partial charge in [0.2, 0.25) is 0 Å². The van der Waals surface area contributed by atoms with Gasteiger partial charge in [0.1, 0.15) is 6.29 Å². The van der Waals surface area contributed by atoms with E-state index in [-0.39, 0.29) is 5.92 Å². The lowest BCUT2D eigenvalue weighted by molar-refractivity contribution is -0.109. The van der Waals surface area contributed by atoms with Crippen LogP contribution in [0.15, 0.2) is 46.2 Å². The van der Waals surface area contributed by atoms with Gasteiger partial charge in [-0.1, -0.05) is 39.8 Å². The highest BCUT2D eigenvalue weighted by Crippen LogP contribution is 2.22. The first-order valence-electron chi connectivity index (χ1n) is 5.79. The molecule has 0 fully saturated rings. The second kappa shape index (κ2) is 6.82. The van der Waals surface area contributed by atoms with Crippen LogP contribution in [0.2, 0.25) is 0 Å². The summed E-state index contributed by atoms with van der Waals surface area (Å²) in [5.74, 6) is -0.179. The topological polar surface area (TPSA) is 42.9 Å². The molecule has 1 aromatic heterocycles. The molecule has 0 N–H and O–H groups in total. The van der Waals surface area contributed by atoms with Crippen molar-refractivity contribution in [2.24, 2.45) is 0 Å². The van der Waals surface area contributed by atoms with Gasteiger partial charge in [0.05, 0.1) is 0 Å². The lowest BCUT2D eigenvalue weighted by atomic mass is 9.96. The molecule has 0 saturated heterocycles. The number of rotatable bonds is 5. The van der Waals surface area contributed by atoms with Crippen molar-refractivity contribution in [2.45, 2.75) is 17.5 Å². The summed E-state index contributed by atoms with van der Waals surface area (Å²) < 4.78 is 0.976. The lowest BCUT2D eigenvalue weighted by Gasteiger charge is -2.11. The summed E-state index contributed by atoms with van der Waals surface area (Å²) in [5, 5.41) is 0.733. The number of carbonyl (C=O) groups is 1. The van der Waals surface area contributed by atoms with Gasteiger partial charge in [0.15, 0.2) is 5.16 Å². The molecule has 0 radical (unpaired) electrons. The molecule has 1 heterocycles. The minimum absolute atomic E-state index is 0.179. The fourth-order valence-corrected chi connectivity index (χ4v) is 2.59. The van der Waals surface area contributed by atoms with Crippen molar-refractivity contribution < 1.29 is 4.79 Å². The van der Waals surface area contributed by atoms with E-state index in [2.05, 4.69) is 25.9 Å². The van der Waals surface area contributed by atoms with E-state index in [1.54, 1.807) is 6.20 Å². The van der Waals surface area contributed by atoms with Crippen molar-refractivity contribution >= 4 is 34.0 Å². The van der Waals surface area contributed by atoms with E-state index < -0.39 is 0 Å². The molecule has 3 nitrogen and oxygen atoms in total. The molecule has 2 aromatic rings. The average Bonchev–Trinajstić information content (AvgIpc) is 2.45. The van der Waals surface area contributed by atoms with Crippen molar-refractivity contribution in [1.29, 1.82) is 0 Å². The Balaban J connectivity index is 2.21. The number of hydrogen-bond donors (Lipinski definition) is 0. The number of carbonyl (C=O) groups excluding carboxylic acids is 1. The van der Waals surface area contributed by atoms with Gasteiger partial charge in [0.25, 0.3) is 0 Å². The third-order valence-corrected chi connectivity index (χ3v) is 3.80. The smallest absolute Gasteiger partial charge is 0.187 e. The van der Waals surface area contributed by atoms with Crippen LogP contribution in [-0.4, -0.2) is 22.5 Å². The third-order valence-electron chi connectivity index (χ3n) is 2.74. The Morgan fingerprint density at radius 3 is 2.95 bits per heavy atom. The lowest BCUT2D eigenvalue weighted by Crippen LogP contribution is -2.06. The van der Waals surface area contributed by atoms with Crippen molar-refractivity contribution in [3.05, 3.63) is 52.3 Å². The summed E-state index contributed by atoms with van der Waals surface area (Å²) in [7, 11) is 0. The van der Waals surface area contributed by atoms with Crippen LogP contribution in [0.5, 0.6) is 0 Å². The molecule has 0 aliphatic rings. The van der Waals surface area contributed by atoms with Gasteiger partial charge < -0.3 is 4.79 Å². The first-order chi connectivity index (χ1) is 9.22. The summed E-state index contributed by atoms with van der Waals surface area (Å²) in [6.07, 6.45) is 5.24. The molecule has 19 heavy (non-hydrogen) atoms. The van der Waals surface area contributed by atoms with E-state index in [0.29, 0.717) is 6.42 Å². The van der Waals surface area contributed by atoms with Gasteiger partial charge in [-0.2, -0.15) is 0 Å². The Hall–Kier alpha value is -1.20. The van der Waals surface area contributed by atoms with E-state index in [4.69, 9.17) is 0 Å². The number of benzene rings is 1. The Bertz CT molecular complexity index is 577. The highest BCUT2D eigenvalue weighted by atomic mass is 79.9. The van der Waals surface area contributed by atoms with Gasteiger partial charge in [0, 0.05) is 28.7 Å². The molecule has 2 rings (SSSR count). The second-order valence-electron chi connectivity index (χ2n) is 4.04. The number of nitrogens with zero attached hydrogens (tertiary/aromatic N) is 2. The predicted octanol–water partition coefficient (Wildman–Crippen LogP) is 3.49. The normalized spacial score (nSPS) is 12.1. The van der Waals surface area contributed by atoms with Crippen molar-refractivity contribution in [3.63, 3.8) is 0 Å². The summed E-state index contributed by atoms with van der Waals surface area (Å²) in [6, 6.07) is 9.66. The highest BCUT2D eigenvalue weighted by Gasteiger charge is 2.13. The zero-order valence-corrected chi connectivity index (χ0v) is 12.8. The van der Waals surface area contributed by atoms with Crippen LogP contribution in [0.1, 0.15) is 17.2 Å². The van der Waals surface area contributed by atoms with Crippen LogP contribution in [-0.2, 0) is 11.2 Å². The van der Waals surface area contributed by atoms with E-state index in [9.17, 15) is 4.79 Å². The van der Waals surface area contributed by atoms with E-state index >= 15 is 0 Å². The molecular weight excluding hydrogens is 324 g/mol. The van der Waals surface area contributed by atoms with Gasteiger partial charge in [-0.25, -0.2) is 9.97 Å². The number of hydrogen-bond acceptors (Lipinski definition) is 4. The Morgan fingerprint density at radius 2 is 2.26 bits per heavy atom. The van der Waals surface area contributed by atoms with Crippen LogP contribution in [0.4, 0.5) is 0 Å². The molecule has 0 aliphatic heterocycles. The Kier molecular flexibility index (Phi) is 5.10. The second-order valence-corrected chi connectivity index (χ2v) is 5.73. The van der Waals surface area contributed by atoms with Gasteiger partial charge in [-0.15, -0.1) is 0 Å². The minimum atomic E-state index is -0.179. The summed E-state index contributed by atoms with van der Waals surface area (Å²) in [6.45, 7) is 0. The number of aromatic nitrogens is 2. The molecule has 0 bridgehead atoms. The predicted molar refractivity (Wildman–Crippen MR) is 80.5 cm³/mol. The fourth-order valence-electron chi connectivity index (χ4n) is 1.80. The molecule has 5 heteroatoms. The standard InChI is InChI=1S/C14H13BrN2OS/c1-19-14-16-6-5-13(17-14)8-11(9-18)10-3-2-4-12(15)7-10/h2-7,9,11H,8H2,1H3. The maximum absolute atomic E-state index is 11.3. The van der Waals surface area contributed by atoms with Gasteiger partial charge in [-0.3, -0.25) is 0 Å². The molecule has 0 amide bonds. The molecule has 0 aliphatic carbocycles. The summed E-state index contributed by atoms with van der Waals surface area (Å²) in [4.78, 5) is 19.9. The van der Waals surface area contributed by atoms with Crippen molar-refractivity contribution in [2.75, 3.05) is 6.26 Å².